The number of aliphatic hydroxyl groups excluding tert-OH is 1. The van der Waals surface area contributed by atoms with Gasteiger partial charge in [0.2, 0.25) is 0 Å². The third kappa shape index (κ3) is 1.99. The Bertz CT molecular complexity index is 522. The number of benzene rings is 1. The van der Waals surface area contributed by atoms with Crippen molar-refractivity contribution in [2.75, 3.05) is 6.54 Å². The van der Waals surface area contributed by atoms with E-state index in [-0.39, 0.29) is 5.41 Å². The molecule has 1 aromatic rings. The summed E-state index contributed by atoms with van der Waals surface area (Å²) in [6.45, 7) is 6.08. The minimum Gasteiger partial charge on any atom is -0.444 e. The number of nitrogens with zero attached hydrogens (tertiary/aromatic N) is 1. The fourth-order valence-electron chi connectivity index (χ4n) is 3.25. The topological polar surface area (TPSA) is 49.8 Å². The zero-order valence-electron chi connectivity index (χ0n) is 12.2. The smallest absolute Gasteiger partial charge is 0.412 e. The van der Waals surface area contributed by atoms with Gasteiger partial charge >= 0.3 is 6.09 Å². The van der Waals surface area contributed by atoms with E-state index in [1.807, 2.05) is 51.1 Å². The first kappa shape index (κ1) is 13.4. The van der Waals surface area contributed by atoms with Crippen LogP contribution in [0.1, 0.15) is 32.8 Å². The molecule has 20 heavy (non-hydrogen) atoms. The molecule has 2 aliphatic rings. The first-order chi connectivity index (χ1) is 9.34. The van der Waals surface area contributed by atoms with Crippen molar-refractivity contribution in [3.8, 4) is 0 Å². The lowest BCUT2D eigenvalue weighted by molar-refractivity contribution is -0.0285. The molecular weight excluding hydrogens is 254 g/mol. The number of fused-ring (bicyclic) bond motifs is 1. The molecule has 3 unspecified atom stereocenters. The van der Waals surface area contributed by atoms with E-state index in [0.29, 0.717) is 12.5 Å². The van der Waals surface area contributed by atoms with E-state index in [4.69, 9.17) is 4.74 Å². The summed E-state index contributed by atoms with van der Waals surface area (Å²) in [7, 11) is 0. The fraction of sp³-hybridized carbons (Fsp3) is 0.562. The van der Waals surface area contributed by atoms with E-state index in [0.717, 1.165) is 12.0 Å². The first-order valence-corrected chi connectivity index (χ1v) is 7.08. The van der Waals surface area contributed by atoms with Crippen LogP contribution in [0.15, 0.2) is 30.3 Å². The average molecular weight is 275 g/mol. The van der Waals surface area contributed by atoms with E-state index in [1.165, 1.54) is 4.90 Å². The number of aliphatic hydroxyl groups is 1. The highest BCUT2D eigenvalue weighted by Crippen LogP contribution is 2.61. The molecule has 1 heterocycles. The zero-order valence-corrected chi connectivity index (χ0v) is 12.2. The molecule has 1 aliphatic heterocycles. The summed E-state index contributed by atoms with van der Waals surface area (Å²) in [5.74, 6) is 0.340. The Labute approximate surface area is 119 Å². The van der Waals surface area contributed by atoms with Crippen LogP contribution in [0, 0.1) is 5.92 Å². The summed E-state index contributed by atoms with van der Waals surface area (Å²) in [4.78, 5) is 13.6. The molecule has 0 bridgehead atoms. The SMILES string of the molecule is CC(C)(C)OC(=O)N1CC2CC2(c2ccccc2)C1O. The van der Waals surface area contributed by atoms with Crippen molar-refractivity contribution in [1.29, 1.82) is 0 Å². The highest BCUT2D eigenvalue weighted by Gasteiger charge is 2.68. The summed E-state index contributed by atoms with van der Waals surface area (Å²) in [6, 6.07) is 9.97. The molecule has 4 heteroatoms. The van der Waals surface area contributed by atoms with E-state index in [1.54, 1.807) is 0 Å². The maximum Gasteiger partial charge on any atom is 0.412 e. The Morgan fingerprint density at radius 1 is 1.35 bits per heavy atom. The van der Waals surface area contributed by atoms with E-state index in [2.05, 4.69) is 0 Å². The maximum absolute atomic E-state index is 12.2. The number of likely N-dealkylation sites (tertiary alicyclic amines) is 1. The molecule has 1 saturated carbocycles. The van der Waals surface area contributed by atoms with Crippen LogP contribution in [-0.2, 0) is 10.2 Å². The quantitative estimate of drug-likeness (QED) is 0.856. The summed E-state index contributed by atoms with van der Waals surface area (Å²) >= 11 is 0. The molecule has 1 amide bonds. The van der Waals surface area contributed by atoms with Gasteiger partial charge in [-0.25, -0.2) is 4.79 Å². The molecule has 2 fully saturated rings. The summed E-state index contributed by atoms with van der Waals surface area (Å²) in [5.41, 5.74) is 0.297. The van der Waals surface area contributed by atoms with Crippen molar-refractivity contribution in [3.63, 3.8) is 0 Å². The molecule has 1 aromatic carbocycles. The Kier molecular flexibility index (Phi) is 2.83. The van der Waals surface area contributed by atoms with Crippen LogP contribution in [0.3, 0.4) is 0 Å². The number of ether oxygens (including phenoxy) is 1. The Morgan fingerprint density at radius 2 is 2.00 bits per heavy atom. The lowest BCUT2D eigenvalue weighted by atomic mass is 9.93. The van der Waals surface area contributed by atoms with Gasteiger partial charge in [-0.05, 0) is 38.7 Å². The van der Waals surface area contributed by atoms with E-state index >= 15 is 0 Å². The van der Waals surface area contributed by atoms with Gasteiger partial charge in [-0.15, -0.1) is 0 Å². The van der Waals surface area contributed by atoms with Crippen molar-refractivity contribution in [2.24, 2.45) is 5.92 Å². The van der Waals surface area contributed by atoms with Gasteiger partial charge in [0.25, 0.3) is 0 Å². The predicted octanol–water partition coefficient (Wildman–Crippen LogP) is 2.51. The second-order valence-electron chi connectivity index (χ2n) is 6.81. The Morgan fingerprint density at radius 3 is 2.60 bits per heavy atom. The Balaban J connectivity index is 1.79. The van der Waals surface area contributed by atoms with Gasteiger partial charge in [-0.2, -0.15) is 0 Å². The van der Waals surface area contributed by atoms with Crippen LogP contribution < -0.4 is 0 Å². The number of hydrogen-bond donors (Lipinski definition) is 1. The normalized spacial score (nSPS) is 31.9. The highest BCUT2D eigenvalue weighted by atomic mass is 16.6. The molecule has 0 radical (unpaired) electrons. The van der Waals surface area contributed by atoms with Crippen molar-refractivity contribution >= 4 is 6.09 Å². The van der Waals surface area contributed by atoms with Crippen LogP contribution in [0.2, 0.25) is 0 Å². The van der Waals surface area contributed by atoms with Gasteiger partial charge < -0.3 is 9.84 Å². The molecular formula is C16H21NO3. The van der Waals surface area contributed by atoms with Crippen LogP contribution in [0.5, 0.6) is 0 Å². The molecule has 3 atom stereocenters. The van der Waals surface area contributed by atoms with Crippen LogP contribution in [0.4, 0.5) is 4.79 Å². The number of hydrogen-bond acceptors (Lipinski definition) is 3. The fourth-order valence-corrected chi connectivity index (χ4v) is 3.25. The molecule has 108 valence electrons. The molecule has 4 nitrogen and oxygen atoms in total. The second-order valence-corrected chi connectivity index (χ2v) is 6.81. The number of piperidine rings is 1. The lowest BCUT2D eigenvalue weighted by Gasteiger charge is -2.30. The van der Waals surface area contributed by atoms with Gasteiger partial charge in [0.05, 0.1) is 0 Å². The number of amides is 1. The van der Waals surface area contributed by atoms with Gasteiger partial charge in [-0.1, -0.05) is 30.3 Å². The first-order valence-electron chi connectivity index (χ1n) is 7.08. The van der Waals surface area contributed by atoms with Crippen molar-refractivity contribution in [1.82, 2.24) is 4.90 Å². The van der Waals surface area contributed by atoms with Crippen LogP contribution >= 0.6 is 0 Å². The highest BCUT2D eigenvalue weighted by molar-refractivity contribution is 5.70. The van der Waals surface area contributed by atoms with Crippen LogP contribution in [-0.4, -0.2) is 34.5 Å². The van der Waals surface area contributed by atoms with E-state index in [9.17, 15) is 9.90 Å². The molecule has 1 N–H and O–H groups in total. The number of carbonyl (C=O) groups excluding carboxylic acids is 1. The molecule has 1 aliphatic carbocycles. The standard InChI is InChI=1S/C16H21NO3/c1-15(2,3)20-14(19)17-10-12-9-16(12,13(17)18)11-7-5-4-6-8-11/h4-8,12-13,18H,9-10H2,1-3H3. The average Bonchev–Trinajstić information content (AvgIpc) is 3.03. The largest absolute Gasteiger partial charge is 0.444 e. The summed E-state index contributed by atoms with van der Waals surface area (Å²) in [5, 5.41) is 10.6. The molecule has 0 spiro atoms. The second kappa shape index (κ2) is 4.22. The Hall–Kier alpha value is -1.55. The third-order valence-corrected chi connectivity index (χ3v) is 4.26. The van der Waals surface area contributed by atoms with Crippen LogP contribution in [0.25, 0.3) is 0 Å². The molecule has 1 saturated heterocycles. The summed E-state index contributed by atoms with van der Waals surface area (Å²) < 4.78 is 5.37. The van der Waals surface area contributed by atoms with Gasteiger partial charge in [-0.3, -0.25) is 4.90 Å². The minimum atomic E-state index is -0.787. The summed E-state index contributed by atoms with van der Waals surface area (Å²) in [6.07, 6.45) is -0.269. The number of carbonyl (C=O) groups is 1. The predicted molar refractivity (Wildman–Crippen MR) is 75.2 cm³/mol. The minimum absolute atomic E-state index is 0.280. The van der Waals surface area contributed by atoms with Gasteiger partial charge in [0.15, 0.2) is 0 Å². The third-order valence-electron chi connectivity index (χ3n) is 4.26. The number of rotatable bonds is 1. The van der Waals surface area contributed by atoms with E-state index < -0.39 is 17.9 Å². The lowest BCUT2D eigenvalue weighted by Crippen LogP contribution is -2.44. The molecule has 3 rings (SSSR count). The van der Waals surface area contributed by atoms with Crippen molar-refractivity contribution in [3.05, 3.63) is 35.9 Å². The monoisotopic (exact) mass is 275 g/mol. The zero-order chi connectivity index (χ0) is 14.5. The molecule has 0 aromatic heterocycles. The van der Waals surface area contributed by atoms with Gasteiger partial charge in [0.1, 0.15) is 11.8 Å². The van der Waals surface area contributed by atoms with Gasteiger partial charge in [0, 0.05) is 12.0 Å². The maximum atomic E-state index is 12.2. The van der Waals surface area contributed by atoms with Crippen molar-refractivity contribution in [2.45, 2.75) is 44.4 Å². The van der Waals surface area contributed by atoms with Crippen molar-refractivity contribution < 1.29 is 14.6 Å².